The van der Waals surface area contributed by atoms with E-state index in [4.69, 9.17) is 10.2 Å². The van der Waals surface area contributed by atoms with Crippen LogP contribution in [0.4, 0.5) is 4.39 Å². The lowest BCUT2D eigenvalue weighted by molar-refractivity contribution is 0.0892. The third-order valence-corrected chi connectivity index (χ3v) is 5.46. The van der Waals surface area contributed by atoms with Gasteiger partial charge in [0.2, 0.25) is 0 Å². The zero-order chi connectivity index (χ0) is 19.9. The number of benzene rings is 1. The van der Waals surface area contributed by atoms with Crippen LogP contribution in [0, 0.1) is 22.6 Å². The van der Waals surface area contributed by atoms with Crippen molar-refractivity contribution in [3.8, 4) is 23.1 Å². The number of hydrogen-bond donors (Lipinski definition) is 0. The molecule has 0 fully saturated rings. The molecule has 1 aliphatic carbocycles. The highest BCUT2D eigenvalue weighted by atomic mass is 19.1. The first kappa shape index (κ1) is 18.1. The number of halogens is 1. The average Bonchev–Trinajstić information content (AvgIpc) is 3.17. The standard InChI is InChI=1S/C22H19FN4O/c1-3-22(2)9-18-17(20(28)10-22)4-5-21(26-18)27-12-19(25-13-27)15-6-14(11-24)7-16(23)8-15/h4-8,12-13H,3,9-10H2,1-2H3. The van der Waals surface area contributed by atoms with Crippen LogP contribution in [-0.4, -0.2) is 20.3 Å². The summed E-state index contributed by atoms with van der Waals surface area (Å²) in [5.74, 6) is 0.315. The van der Waals surface area contributed by atoms with Gasteiger partial charge in [-0.2, -0.15) is 5.26 Å². The maximum absolute atomic E-state index is 13.7. The number of imidazole rings is 1. The van der Waals surface area contributed by atoms with Gasteiger partial charge in [-0.25, -0.2) is 14.4 Å². The molecular formula is C22H19FN4O. The molecule has 0 saturated heterocycles. The van der Waals surface area contributed by atoms with Crippen molar-refractivity contribution in [2.24, 2.45) is 5.41 Å². The Kier molecular flexibility index (Phi) is 4.31. The van der Waals surface area contributed by atoms with Gasteiger partial charge >= 0.3 is 0 Å². The normalized spacial score (nSPS) is 18.6. The van der Waals surface area contributed by atoms with Crippen LogP contribution in [0.3, 0.4) is 0 Å². The predicted molar refractivity (Wildman–Crippen MR) is 103 cm³/mol. The predicted octanol–water partition coefficient (Wildman–Crippen LogP) is 4.49. The van der Waals surface area contributed by atoms with Crippen molar-refractivity contribution in [3.63, 3.8) is 0 Å². The Morgan fingerprint density at radius 2 is 2.11 bits per heavy atom. The van der Waals surface area contributed by atoms with Crippen LogP contribution in [0.5, 0.6) is 0 Å². The van der Waals surface area contributed by atoms with Gasteiger partial charge in [0, 0.05) is 23.7 Å². The lowest BCUT2D eigenvalue weighted by Crippen LogP contribution is -2.30. The van der Waals surface area contributed by atoms with E-state index >= 15 is 0 Å². The highest BCUT2D eigenvalue weighted by Gasteiger charge is 2.34. The number of ketones is 1. The van der Waals surface area contributed by atoms with E-state index in [-0.39, 0.29) is 16.8 Å². The highest BCUT2D eigenvalue weighted by molar-refractivity contribution is 5.98. The molecule has 1 unspecified atom stereocenters. The molecule has 2 heterocycles. The van der Waals surface area contributed by atoms with Crippen molar-refractivity contribution in [2.45, 2.75) is 33.1 Å². The van der Waals surface area contributed by atoms with Crippen molar-refractivity contribution >= 4 is 5.78 Å². The minimum Gasteiger partial charge on any atom is -0.294 e. The number of Topliss-reactive ketones (excluding diaryl/α,β-unsaturated/α-hetero) is 1. The quantitative estimate of drug-likeness (QED) is 0.677. The number of pyridine rings is 1. The Morgan fingerprint density at radius 3 is 2.86 bits per heavy atom. The summed E-state index contributed by atoms with van der Waals surface area (Å²) in [6.45, 7) is 4.22. The van der Waals surface area contributed by atoms with E-state index < -0.39 is 5.82 Å². The van der Waals surface area contributed by atoms with Gasteiger partial charge in [0.25, 0.3) is 0 Å². The third kappa shape index (κ3) is 3.20. The molecule has 1 atom stereocenters. The van der Waals surface area contributed by atoms with Crippen LogP contribution in [0.25, 0.3) is 17.1 Å². The molecule has 0 spiro atoms. The van der Waals surface area contributed by atoms with E-state index in [1.54, 1.807) is 29.2 Å². The minimum absolute atomic E-state index is 0.0644. The van der Waals surface area contributed by atoms with Crippen molar-refractivity contribution in [2.75, 3.05) is 0 Å². The third-order valence-electron chi connectivity index (χ3n) is 5.46. The van der Waals surface area contributed by atoms with Gasteiger partial charge in [0.15, 0.2) is 5.78 Å². The topological polar surface area (TPSA) is 71.6 Å². The maximum Gasteiger partial charge on any atom is 0.165 e. The van der Waals surface area contributed by atoms with Crippen LogP contribution in [0.2, 0.25) is 0 Å². The second kappa shape index (κ2) is 6.68. The largest absolute Gasteiger partial charge is 0.294 e. The summed E-state index contributed by atoms with van der Waals surface area (Å²) in [5.41, 5.74) is 2.76. The summed E-state index contributed by atoms with van der Waals surface area (Å²) < 4.78 is 15.5. The Labute approximate surface area is 162 Å². The smallest absolute Gasteiger partial charge is 0.165 e. The van der Waals surface area contributed by atoms with Gasteiger partial charge in [0.1, 0.15) is 18.0 Å². The zero-order valence-corrected chi connectivity index (χ0v) is 15.7. The van der Waals surface area contributed by atoms with E-state index in [0.717, 1.165) is 18.5 Å². The Morgan fingerprint density at radius 1 is 1.29 bits per heavy atom. The fourth-order valence-corrected chi connectivity index (χ4v) is 3.62. The van der Waals surface area contributed by atoms with Crippen LogP contribution >= 0.6 is 0 Å². The maximum atomic E-state index is 13.7. The molecule has 2 aromatic heterocycles. The second-order valence-corrected chi connectivity index (χ2v) is 7.61. The number of hydrogen-bond acceptors (Lipinski definition) is 4. The number of carbonyl (C=O) groups excluding carboxylic acids is 1. The average molecular weight is 374 g/mol. The van der Waals surface area contributed by atoms with Crippen LogP contribution < -0.4 is 0 Å². The Balaban J connectivity index is 1.71. The molecule has 6 heteroatoms. The Hall–Kier alpha value is -3.33. The van der Waals surface area contributed by atoms with Gasteiger partial charge in [-0.1, -0.05) is 13.8 Å². The molecular weight excluding hydrogens is 355 g/mol. The van der Waals surface area contributed by atoms with E-state index in [0.29, 0.717) is 29.1 Å². The van der Waals surface area contributed by atoms with Gasteiger partial charge < -0.3 is 0 Å². The van der Waals surface area contributed by atoms with Crippen molar-refractivity contribution < 1.29 is 9.18 Å². The van der Waals surface area contributed by atoms with E-state index in [1.807, 2.05) is 12.1 Å². The number of nitriles is 1. The summed E-state index contributed by atoms with van der Waals surface area (Å²) in [7, 11) is 0. The zero-order valence-electron chi connectivity index (χ0n) is 15.7. The minimum atomic E-state index is -0.479. The number of rotatable bonds is 3. The molecule has 0 bridgehead atoms. The van der Waals surface area contributed by atoms with E-state index in [1.165, 1.54) is 12.1 Å². The molecule has 28 heavy (non-hydrogen) atoms. The van der Waals surface area contributed by atoms with Crippen LogP contribution in [-0.2, 0) is 6.42 Å². The number of carbonyl (C=O) groups is 1. The summed E-state index contributed by atoms with van der Waals surface area (Å²) >= 11 is 0. The van der Waals surface area contributed by atoms with E-state index in [9.17, 15) is 9.18 Å². The molecule has 1 aliphatic rings. The fraction of sp³-hybridized carbons (Fsp3) is 0.273. The lowest BCUT2D eigenvalue weighted by Gasteiger charge is -2.32. The second-order valence-electron chi connectivity index (χ2n) is 7.61. The van der Waals surface area contributed by atoms with E-state index in [2.05, 4.69) is 18.8 Å². The Bertz CT molecular complexity index is 1130. The first-order chi connectivity index (χ1) is 13.4. The molecule has 0 aliphatic heterocycles. The summed E-state index contributed by atoms with van der Waals surface area (Å²) in [6.07, 6.45) is 5.57. The monoisotopic (exact) mass is 374 g/mol. The molecule has 3 aromatic rings. The molecule has 5 nitrogen and oxygen atoms in total. The molecule has 4 rings (SSSR count). The van der Waals surface area contributed by atoms with Crippen molar-refractivity contribution in [1.29, 1.82) is 5.26 Å². The molecule has 0 radical (unpaired) electrons. The summed E-state index contributed by atoms with van der Waals surface area (Å²) in [4.78, 5) is 21.5. The van der Waals surface area contributed by atoms with Gasteiger partial charge in [0.05, 0.1) is 23.0 Å². The molecule has 0 saturated carbocycles. The van der Waals surface area contributed by atoms with Gasteiger partial charge in [-0.3, -0.25) is 9.36 Å². The first-order valence-electron chi connectivity index (χ1n) is 9.19. The number of nitrogens with zero attached hydrogens (tertiary/aromatic N) is 4. The SMILES string of the molecule is CCC1(C)CC(=O)c2ccc(-n3cnc(-c4cc(F)cc(C#N)c4)c3)nc2C1. The number of aromatic nitrogens is 3. The first-order valence-corrected chi connectivity index (χ1v) is 9.19. The van der Waals surface area contributed by atoms with Crippen LogP contribution in [0.1, 0.15) is 48.3 Å². The van der Waals surface area contributed by atoms with Crippen molar-refractivity contribution in [1.82, 2.24) is 14.5 Å². The molecule has 0 N–H and O–H groups in total. The van der Waals surface area contributed by atoms with Crippen LogP contribution in [0.15, 0.2) is 42.9 Å². The fourth-order valence-electron chi connectivity index (χ4n) is 3.62. The lowest BCUT2D eigenvalue weighted by atomic mass is 9.72. The molecule has 1 aromatic carbocycles. The molecule has 140 valence electrons. The van der Waals surface area contributed by atoms with Crippen molar-refractivity contribution in [3.05, 3.63) is 65.5 Å². The summed E-state index contributed by atoms with van der Waals surface area (Å²) in [5, 5.41) is 9.03. The summed E-state index contributed by atoms with van der Waals surface area (Å²) in [6, 6.07) is 9.70. The number of fused-ring (bicyclic) bond motifs is 1. The van der Waals surface area contributed by atoms with Gasteiger partial charge in [-0.05, 0) is 48.6 Å². The van der Waals surface area contributed by atoms with Gasteiger partial charge in [-0.15, -0.1) is 0 Å². The highest BCUT2D eigenvalue weighted by Crippen LogP contribution is 2.37. The molecule has 0 amide bonds.